The average molecular weight is 221 g/mol. The van der Waals surface area contributed by atoms with Crippen LogP contribution in [0, 0.1) is 5.92 Å². The topological polar surface area (TPSA) is 29.9 Å². The van der Waals surface area contributed by atoms with Gasteiger partial charge in [0, 0.05) is 19.3 Å². The van der Waals surface area contributed by atoms with E-state index in [1.54, 1.807) is 0 Å². The summed E-state index contributed by atoms with van der Waals surface area (Å²) in [6, 6.07) is 0.664. The van der Waals surface area contributed by atoms with Gasteiger partial charge in [0.15, 0.2) is 0 Å². The molecule has 0 bridgehead atoms. The Hall–Kier alpha value is -0.990. The first-order valence-corrected chi connectivity index (χ1v) is 6.53. The molecule has 1 aliphatic carbocycles. The standard InChI is InChI=1S/C13H23N3/c1-3-4-11-5-7-12(8-6-11)15-13-9-14-16(2)10-13/h9-12,15H,3-8H2,1-2H3. The molecular weight excluding hydrogens is 198 g/mol. The molecule has 0 saturated heterocycles. The molecule has 1 fully saturated rings. The fourth-order valence-corrected chi connectivity index (χ4v) is 2.74. The van der Waals surface area contributed by atoms with Crippen LogP contribution in [0.15, 0.2) is 12.4 Å². The highest BCUT2D eigenvalue weighted by atomic mass is 15.3. The molecule has 0 aliphatic heterocycles. The largest absolute Gasteiger partial charge is 0.380 e. The van der Waals surface area contributed by atoms with E-state index in [1.165, 1.54) is 44.2 Å². The lowest BCUT2D eigenvalue weighted by atomic mass is 9.83. The van der Waals surface area contributed by atoms with Gasteiger partial charge < -0.3 is 5.32 Å². The number of hydrogen-bond donors (Lipinski definition) is 1. The van der Waals surface area contributed by atoms with Gasteiger partial charge in [-0.25, -0.2) is 0 Å². The minimum absolute atomic E-state index is 0.664. The quantitative estimate of drug-likeness (QED) is 0.846. The van der Waals surface area contributed by atoms with E-state index >= 15 is 0 Å². The number of anilines is 1. The Labute approximate surface area is 98.2 Å². The third kappa shape index (κ3) is 3.00. The average Bonchev–Trinajstić information content (AvgIpc) is 2.67. The number of nitrogens with one attached hydrogen (secondary N) is 1. The molecule has 0 unspecified atom stereocenters. The van der Waals surface area contributed by atoms with Crippen molar-refractivity contribution in [3.8, 4) is 0 Å². The molecule has 0 spiro atoms. The fourth-order valence-electron chi connectivity index (χ4n) is 2.74. The fraction of sp³-hybridized carbons (Fsp3) is 0.769. The van der Waals surface area contributed by atoms with Crippen LogP contribution in [0.25, 0.3) is 0 Å². The molecule has 2 rings (SSSR count). The Balaban J connectivity index is 1.77. The maximum Gasteiger partial charge on any atom is 0.0728 e. The van der Waals surface area contributed by atoms with Crippen molar-refractivity contribution in [2.75, 3.05) is 5.32 Å². The van der Waals surface area contributed by atoms with Gasteiger partial charge in [-0.15, -0.1) is 0 Å². The van der Waals surface area contributed by atoms with Crippen molar-refractivity contribution in [3.63, 3.8) is 0 Å². The zero-order chi connectivity index (χ0) is 11.4. The third-order valence-corrected chi connectivity index (χ3v) is 3.62. The first-order chi connectivity index (χ1) is 7.78. The van der Waals surface area contributed by atoms with Crippen LogP contribution in [-0.2, 0) is 7.05 Å². The predicted molar refractivity (Wildman–Crippen MR) is 67.5 cm³/mol. The van der Waals surface area contributed by atoms with E-state index in [0.29, 0.717) is 6.04 Å². The maximum atomic E-state index is 4.18. The molecule has 0 radical (unpaired) electrons. The molecule has 1 heterocycles. The van der Waals surface area contributed by atoms with E-state index in [2.05, 4.69) is 23.5 Å². The highest BCUT2D eigenvalue weighted by Gasteiger charge is 2.20. The van der Waals surface area contributed by atoms with Gasteiger partial charge in [0.2, 0.25) is 0 Å². The molecule has 0 amide bonds. The minimum Gasteiger partial charge on any atom is -0.380 e. The van der Waals surface area contributed by atoms with E-state index < -0.39 is 0 Å². The van der Waals surface area contributed by atoms with E-state index in [1.807, 2.05) is 17.9 Å². The molecule has 3 nitrogen and oxygen atoms in total. The summed E-state index contributed by atoms with van der Waals surface area (Å²) in [5, 5.41) is 7.76. The van der Waals surface area contributed by atoms with Crippen molar-refractivity contribution in [3.05, 3.63) is 12.4 Å². The normalized spacial score (nSPS) is 25.6. The predicted octanol–water partition coefficient (Wildman–Crippen LogP) is 3.19. The first kappa shape index (κ1) is 11.5. The van der Waals surface area contributed by atoms with Crippen LogP contribution in [0.4, 0.5) is 5.69 Å². The van der Waals surface area contributed by atoms with Gasteiger partial charge in [-0.2, -0.15) is 5.10 Å². The van der Waals surface area contributed by atoms with Crippen molar-refractivity contribution < 1.29 is 0 Å². The molecule has 90 valence electrons. The summed E-state index contributed by atoms with van der Waals surface area (Å²) >= 11 is 0. The Morgan fingerprint density at radius 2 is 2.12 bits per heavy atom. The summed E-state index contributed by atoms with van der Waals surface area (Å²) in [5.41, 5.74) is 1.17. The zero-order valence-electron chi connectivity index (χ0n) is 10.4. The van der Waals surface area contributed by atoms with Gasteiger partial charge in [0.05, 0.1) is 11.9 Å². The highest BCUT2D eigenvalue weighted by molar-refractivity contribution is 5.39. The van der Waals surface area contributed by atoms with Crippen molar-refractivity contribution in [1.82, 2.24) is 9.78 Å². The highest BCUT2D eigenvalue weighted by Crippen LogP contribution is 2.29. The van der Waals surface area contributed by atoms with Crippen LogP contribution >= 0.6 is 0 Å². The second kappa shape index (κ2) is 5.37. The van der Waals surface area contributed by atoms with Crippen molar-refractivity contribution in [2.45, 2.75) is 51.5 Å². The van der Waals surface area contributed by atoms with Crippen LogP contribution in [0.5, 0.6) is 0 Å². The van der Waals surface area contributed by atoms with E-state index in [4.69, 9.17) is 0 Å². The van der Waals surface area contributed by atoms with Gasteiger partial charge in [0.1, 0.15) is 0 Å². The summed E-state index contributed by atoms with van der Waals surface area (Å²) in [6.07, 6.45) is 12.2. The van der Waals surface area contributed by atoms with Crippen molar-refractivity contribution >= 4 is 5.69 Å². The Bertz CT molecular complexity index is 311. The number of aromatic nitrogens is 2. The number of aryl methyl sites for hydroxylation is 1. The van der Waals surface area contributed by atoms with Crippen molar-refractivity contribution in [1.29, 1.82) is 0 Å². The maximum absolute atomic E-state index is 4.18. The van der Waals surface area contributed by atoms with Crippen molar-refractivity contribution in [2.24, 2.45) is 13.0 Å². The Morgan fingerprint density at radius 1 is 1.38 bits per heavy atom. The van der Waals surface area contributed by atoms with Gasteiger partial charge in [-0.1, -0.05) is 19.8 Å². The number of nitrogens with zero attached hydrogens (tertiary/aromatic N) is 2. The molecule has 0 atom stereocenters. The second-order valence-electron chi connectivity index (χ2n) is 5.05. The lowest BCUT2D eigenvalue weighted by molar-refractivity contribution is 0.319. The molecule has 0 aromatic carbocycles. The molecule has 1 N–H and O–H groups in total. The molecule has 1 aromatic heterocycles. The number of rotatable bonds is 4. The molecule has 1 aromatic rings. The second-order valence-corrected chi connectivity index (χ2v) is 5.05. The van der Waals surface area contributed by atoms with Gasteiger partial charge in [-0.05, 0) is 31.6 Å². The molecule has 1 aliphatic rings. The van der Waals surface area contributed by atoms with Gasteiger partial charge in [0.25, 0.3) is 0 Å². The summed E-state index contributed by atoms with van der Waals surface area (Å²) in [6.45, 7) is 2.29. The molecule has 1 saturated carbocycles. The molecule has 16 heavy (non-hydrogen) atoms. The van der Waals surface area contributed by atoms with E-state index in [0.717, 1.165) is 5.92 Å². The lowest BCUT2D eigenvalue weighted by Crippen LogP contribution is -2.25. The summed E-state index contributed by atoms with van der Waals surface area (Å²) < 4.78 is 1.85. The summed E-state index contributed by atoms with van der Waals surface area (Å²) in [5.74, 6) is 0.983. The monoisotopic (exact) mass is 221 g/mol. The van der Waals surface area contributed by atoms with E-state index in [-0.39, 0.29) is 0 Å². The smallest absolute Gasteiger partial charge is 0.0728 e. The Morgan fingerprint density at radius 3 is 2.69 bits per heavy atom. The first-order valence-electron chi connectivity index (χ1n) is 6.53. The third-order valence-electron chi connectivity index (χ3n) is 3.62. The van der Waals surface area contributed by atoms with Crippen LogP contribution in [-0.4, -0.2) is 15.8 Å². The zero-order valence-corrected chi connectivity index (χ0v) is 10.4. The molecule has 3 heteroatoms. The Kier molecular flexibility index (Phi) is 3.86. The van der Waals surface area contributed by atoms with Gasteiger partial charge >= 0.3 is 0 Å². The van der Waals surface area contributed by atoms with Gasteiger partial charge in [-0.3, -0.25) is 4.68 Å². The van der Waals surface area contributed by atoms with Crippen LogP contribution in [0.2, 0.25) is 0 Å². The van der Waals surface area contributed by atoms with E-state index in [9.17, 15) is 0 Å². The van der Waals surface area contributed by atoms with Crippen LogP contribution in [0.3, 0.4) is 0 Å². The SMILES string of the molecule is CCCC1CCC(Nc2cnn(C)c2)CC1. The lowest BCUT2D eigenvalue weighted by Gasteiger charge is -2.29. The number of hydrogen-bond acceptors (Lipinski definition) is 2. The summed E-state index contributed by atoms with van der Waals surface area (Å²) in [4.78, 5) is 0. The van der Waals surface area contributed by atoms with Crippen LogP contribution < -0.4 is 5.32 Å². The molecular formula is C13H23N3. The van der Waals surface area contributed by atoms with Crippen LogP contribution in [0.1, 0.15) is 45.4 Å². The minimum atomic E-state index is 0.664. The summed E-state index contributed by atoms with van der Waals surface area (Å²) in [7, 11) is 1.96.